The van der Waals surface area contributed by atoms with E-state index in [1.54, 1.807) is 6.20 Å². The van der Waals surface area contributed by atoms with E-state index in [1.807, 2.05) is 0 Å². The van der Waals surface area contributed by atoms with E-state index in [0.29, 0.717) is 16.7 Å². The predicted molar refractivity (Wildman–Crippen MR) is 118 cm³/mol. The van der Waals surface area contributed by atoms with Gasteiger partial charge in [-0.05, 0) is 48.9 Å². The largest absolute Gasteiger partial charge is 0.508 e. The SMILES string of the molecule is O=C(O)Cc1nn([C@@H]2C[C@H](c3ncc[nH]3)N(S(=O)(=O)c3ccc(O)cc3)C2)c2cc(F)ccc12. The maximum atomic E-state index is 14.1. The van der Waals surface area contributed by atoms with Crippen molar-refractivity contribution in [3.8, 4) is 5.75 Å². The summed E-state index contributed by atoms with van der Waals surface area (Å²) in [6.45, 7) is 0.00831. The zero-order chi connectivity index (χ0) is 24.0. The maximum Gasteiger partial charge on any atom is 0.309 e. The molecule has 176 valence electrons. The number of halogens is 1. The van der Waals surface area contributed by atoms with Crippen LogP contribution in [0.25, 0.3) is 10.9 Å². The van der Waals surface area contributed by atoms with Crippen LogP contribution in [0.1, 0.15) is 30.0 Å². The molecule has 0 saturated carbocycles. The van der Waals surface area contributed by atoms with Crippen LogP contribution in [0.2, 0.25) is 0 Å². The number of rotatable bonds is 6. The van der Waals surface area contributed by atoms with Crippen molar-refractivity contribution < 1.29 is 27.8 Å². The van der Waals surface area contributed by atoms with Crippen molar-refractivity contribution in [3.05, 3.63) is 72.2 Å². The fraction of sp³-hybridized carbons (Fsp3) is 0.227. The minimum atomic E-state index is -3.99. The fourth-order valence-corrected chi connectivity index (χ4v) is 6.06. The number of carboxylic acid groups (broad SMARTS) is 1. The van der Waals surface area contributed by atoms with E-state index in [9.17, 15) is 27.8 Å². The van der Waals surface area contributed by atoms with Gasteiger partial charge in [0, 0.05) is 24.3 Å². The van der Waals surface area contributed by atoms with Crippen LogP contribution in [-0.2, 0) is 21.2 Å². The second-order valence-electron chi connectivity index (χ2n) is 8.07. The topological polar surface area (TPSA) is 141 Å². The molecule has 5 rings (SSSR count). The standard InChI is InChI=1S/C22H20FN5O5S/c23-13-1-6-17-18(11-21(30)31)26-28(19(17)9-13)14-10-20(22-24-7-8-25-22)27(12-14)34(32,33)16-4-2-15(29)3-5-16/h1-9,14,20,29H,10-12H2,(H,24,25)(H,30,31)/t14-,20-/m1/s1. The summed E-state index contributed by atoms with van der Waals surface area (Å²) in [6.07, 6.45) is 3.05. The van der Waals surface area contributed by atoms with Gasteiger partial charge in [-0.1, -0.05) is 0 Å². The van der Waals surface area contributed by atoms with E-state index >= 15 is 0 Å². The van der Waals surface area contributed by atoms with Crippen molar-refractivity contribution in [2.24, 2.45) is 0 Å². The summed E-state index contributed by atoms with van der Waals surface area (Å²) < 4.78 is 44.0. The van der Waals surface area contributed by atoms with Crippen LogP contribution in [0.5, 0.6) is 5.75 Å². The Morgan fingerprint density at radius 1 is 1.21 bits per heavy atom. The van der Waals surface area contributed by atoms with Gasteiger partial charge >= 0.3 is 5.97 Å². The Hall–Kier alpha value is -3.77. The summed E-state index contributed by atoms with van der Waals surface area (Å²) in [7, 11) is -3.99. The molecule has 0 aliphatic carbocycles. The zero-order valence-electron chi connectivity index (χ0n) is 17.7. The molecule has 1 saturated heterocycles. The molecule has 0 spiro atoms. The number of H-pyrrole nitrogens is 1. The minimum absolute atomic E-state index is 0.00504. The highest BCUT2D eigenvalue weighted by molar-refractivity contribution is 7.89. The lowest BCUT2D eigenvalue weighted by Crippen LogP contribution is -2.32. The number of aromatic hydroxyl groups is 1. The van der Waals surface area contributed by atoms with Crippen LogP contribution in [-0.4, -0.2) is 55.2 Å². The summed E-state index contributed by atoms with van der Waals surface area (Å²) in [4.78, 5) is 18.6. The predicted octanol–water partition coefficient (Wildman–Crippen LogP) is 2.61. The van der Waals surface area contributed by atoms with Crippen molar-refractivity contribution in [2.75, 3.05) is 6.54 Å². The maximum absolute atomic E-state index is 14.1. The molecule has 2 aromatic carbocycles. The zero-order valence-corrected chi connectivity index (χ0v) is 18.5. The van der Waals surface area contributed by atoms with E-state index < -0.39 is 33.9 Å². The smallest absolute Gasteiger partial charge is 0.309 e. The van der Waals surface area contributed by atoms with Gasteiger partial charge in [0.1, 0.15) is 17.4 Å². The molecular weight excluding hydrogens is 465 g/mol. The summed E-state index contributed by atoms with van der Waals surface area (Å²) in [5.74, 6) is -1.20. The van der Waals surface area contributed by atoms with Crippen LogP contribution in [0, 0.1) is 5.82 Å². The average Bonchev–Trinajstić information content (AvgIpc) is 3.52. The van der Waals surface area contributed by atoms with E-state index in [1.165, 1.54) is 57.6 Å². The second kappa shape index (κ2) is 8.22. The summed E-state index contributed by atoms with van der Waals surface area (Å²) in [5.41, 5.74) is 0.667. The number of benzene rings is 2. The Balaban J connectivity index is 1.59. The monoisotopic (exact) mass is 485 g/mol. The summed E-state index contributed by atoms with van der Waals surface area (Å²) in [6, 6.07) is 8.06. The number of carboxylic acids is 1. The third-order valence-corrected chi connectivity index (χ3v) is 7.81. The molecule has 34 heavy (non-hydrogen) atoms. The second-order valence-corrected chi connectivity index (χ2v) is 9.96. The highest BCUT2D eigenvalue weighted by Gasteiger charge is 2.43. The van der Waals surface area contributed by atoms with E-state index in [4.69, 9.17) is 0 Å². The summed E-state index contributed by atoms with van der Waals surface area (Å²) in [5, 5.41) is 23.8. The number of imidazole rings is 1. The molecule has 10 nitrogen and oxygen atoms in total. The molecule has 1 aliphatic heterocycles. The number of nitrogens with zero attached hydrogens (tertiary/aromatic N) is 4. The first-order valence-corrected chi connectivity index (χ1v) is 11.9. The Kier molecular flexibility index (Phi) is 5.33. The molecule has 4 aromatic rings. The van der Waals surface area contributed by atoms with Gasteiger partial charge in [-0.25, -0.2) is 17.8 Å². The Labute approximate surface area is 193 Å². The number of phenolic OH excluding ortho intramolecular Hbond substituents is 1. The number of aromatic nitrogens is 4. The highest BCUT2D eigenvalue weighted by atomic mass is 32.2. The number of fused-ring (bicyclic) bond motifs is 1. The quantitative estimate of drug-likeness (QED) is 0.381. The number of carbonyl (C=O) groups is 1. The third kappa shape index (κ3) is 3.80. The summed E-state index contributed by atoms with van der Waals surface area (Å²) >= 11 is 0. The lowest BCUT2D eigenvalue weighted by Gasteiger charge is -2.22. The van der Waals surface area contributed by atoms with Crippen molar-refractivity contribution in [2.45, 2.75) is 29.8 Å². The number of hydrogen-bond donors (Lipinski definition) is 3. The normalized spacial score (nSPS) is 19.1. The Morgan fingerprint density at radius 3 is 2.65 bits per heavy atom. The van der Waals surface area contributed by atoms with E-state index in [-0.39, 0.29) is 35.7 Å². The number of phenols is 1. The molecule has 1 aliphatic rings. The van der Waals surface area contributed by atoms with Gasteiger partial charge in [-0.3, -0.25) is 9.48 Å². The molecule has 0 bridgehead atoms. The van der Waals surface area contributed by atoms with Gasteiger partial charge in [0.2, 0.25) is 10.0 Å². The first kappa shape index (κ1) is 22.0. The van der Waals surface area contributed by atoms with E-state index in [2.05, 4.69) is 15.1 Å². The molecule has 3 heterocycles. The van der Waals surface area contributed by atoms with Crippen molar-refractivity contribution in [3.63, 3.8) is 0 Å². The molecule has 12 heteroatoms. The Morgan fingerprint density at radius 2 is 1.97 bits per heavy atom. The first-order chi connectivity index (χ1) is 16.2. The molecule has 2 atom stereocenters. The highest BCUT2D eigenvalue weighted by Crippen LogP contribution is 2.41. The molecule has 0 unspecified atom stereocenters. The van der Waals surface area contributed by atoms with Gasteiger partial charge < -0.3 is 15.2 Å². The van der Waals surface area contributed by atoms with Gasteiger partial charge in [0.15, 0.2) is 0 Å². The van der Waals surface area contributed by atoms with Gasteiger partial charge in [0.05, 0.1) is 34.6 Å². The molecular formula is C22H20FN5O5S. The lowest BCUT2D eigenvalue weighted by molar-refractivity contribution is -0.136. The molecule has 2 aromatic heterocycles. The molecule has 3 N–H and O–H groups in total. The lowest BCUT2D eigenvalue weighted by atomic mass is 10.1. The molecule has 1 fully saturated rings. The number of nitrogens with one attached hydrogen (secondary N) is 1. The number of aromatic amines is 1. The van der Waals surface area contributed by atoms with Crippen molar-refractivity contribution in [1.82, 2.24) is 24.1 Å². The van der Waals surface area contributed by atoms with E-state index in [0.717, 1.165) is 0 Å². The molecule has 0 amide bonds. The van der Waals surface area contributed by atoms with Crippen LogP contribution < -0.4 is 0 Å². The number of hydrogen-bond acceptors (Lipinski definition) is 6. The van der Waals surface area contributed by atoms with Gasteiger partial charge in [-0.2, -0.15) is 9.40 Å². The minimum Gasteiger partial charge on any atom is -0.508 e. The fourth-order valence-electron chi connectivity index (χ4n) is 4.42. The van der Waals surface area contributed by atoms with Gasteiger partial charge in [0.25, 0.3) is 0 Å². The van der Waals surface area contributed by atoms with Gasteiger partial charge in [-0.15, -0.1) is 0 Å². The van der Waals surface area contributed by atoms with Crippen LogP contribution in [0.15, 0.2) is 59.8 Å². The molecule has 0 radical (unpaired) electrons. The third-order valence-electron chi connectivity index (χ3n) is 5.92. The Bertz CT molecular complexity index is 1470. The van der Waals surface area contributed by atoms with Crippen LogP contribution in [0.4, 0.5) is 4.39 Å². The van der Waals surface area contributed by atoms with Crippen molar-refractivity contribution >= 4 is 26.9 Å². The first-order valence-electron chi connectivity index (χ1n) is 10.4. The van der Waals surface area contributed by atoms with Crippen LogP contribution >= 0.6 is 0 Å². The van der Waals surface area contributed by atoms with Crippen molar-refractivity contribution in [1.29, 1.82) is 0 Å². The number of sulfonamides is 1. The average molecular weight is 485 g/mol. The number of aliphatic carboxylic acids is 1. The van der Waals surface area contributed by atoms with Crippen LogP contribution in [0.3, 0.4) is 0 Å².